The molecule has 2 aromatic rings. The Bertz CT molecular complexity index is 998. The Labute approximate surface area is 167 Å². The van der Waals surface area contributed by atoms with Gasteiger partial charge in [-0.25, -0.2) is 13.1 Å². The molecule has 0 atom stereocenters. The number of hydrogen-bond donors (Lipinski definition) is 3. The molecular weight excluding hydrogens is 376 g/mol. The minimum atomic E-state index is -3.75. The molecule has 2 rings (SSSR count). The van der Waals surface area contributed by atoms with Crippen molar-refractivity contribution < 1.29 is 18.3 Å². The maximum atomic E-state index is 12.8. The van der Waals surface area contributed by atoms with Gasteiger partial charge in [-0.3, -0.25) is 4.79 Å². The van der Waals surface area contributed by atoms with Crippen molar-refractivity contribution in [3.05, 3.63) is 51.6 Å². The molecule has 0 radical (unpaired) electrons. The number of phenolic OH excluding ortho intramolecular Hbond substituents is 1. The molecule has 6 nitrogen and oxygen atoms in total. The number of aryl methyl sites for hydroxylation is 1. The fourth-order valence-corrected chi connectivity index (χ4v) is 4.83. The molecule has 0 unspecified atom stereocenters. The molecule has 0 saturated carbocycles. The molecule has 0 aromatic heterocycles. The van der Waals surface area contributed by atoms with E-state index in [0.717, 1.165) is 33.4 Å². The minimum absolute atomic E-state index is 0.0224. The van der Waals surface area contributed by atoms with Crippen molar-refractivity contribution in [1.29, 1.82) is 0 Å². The first kappa shape index (κ1) is 21.9. The molecule has 1 amide bonds. The van der Waals surface area contributed by atoms with Crippen LogP contribution in [0.3, 0.4) is 0 Å². The number of phenols is 1. The number of rotatable bonds is 6. The molecule has 0 heterocycles. The van der Waals surface area contributed by atoms with Crippen molar-refractivity contribution in [2.75, 3.05) is 11.9 Å². The highest BCUT2D eigenvalue weighted by Gasteiger charge is 2.23. The molecule has 2 aromatic carbocycles. The van der Waals surface area contributed by atoms with E-state index in [1.807, 2.05) is 27.7 Å². The summed E-state index contributed by atoms with van der Waals surface area (Å²) in [5.41, 5.74) is 5.62. The van der Waals surface area contributed by atoms with E-state index in [2.05, 4.69) is 10.0 Å². The van der Waals surface area contributed by atoms with Crippen LogP contribution in [-0.2, 0) is 14.8 Å². The fraction of sp³-hybridized carbons (Fsp3) is 0.381. The van der Waals surface area contributed by atoms with E-state index in [9.17, 15) is 18.3 Å². The fourth-order valence-electron chi connectivity index (χ4n) is 3.20. The van der Waals surface area contributed by atoms with Crippen molar-refractivity contribution in [3.63, 3.8) is 0 Å². The molecular formula is C21H28N2O4S. The van der Waals surface area contributed by atoms with Crippen LogP contribution in [0.1, 0.15) is 39.8 Å². The lowest BCUT2D eigenvalue weighted by Gasteiger charge is -2.19. The maximum absolute atomic E-state index is 12.8. The summed E-state index contributed by atoms with van der Waals surface area (Å²) >= 11 is 0. The van der Waals surface area contributed by atoms with Crippen LogP contribution >= 0.6 is 0 Å². The summed E-state index contributed by atoms with van der Waals surface area (Å²) in [4.78, 5) is 12.4. The second-order valence-electron chi connectivity index (χ2n) is 7.17. The van der Waals surface area contributed by atoms with Gasteiger partial charge in [-0.15, -0.1) is 0 Å². The smallest absolute Gasteiger partial charge is 0.241 e. The summed E-state index contributed by atoms with van der Waals surface area (Å²) < 4.78 is 28.2. The Kier molecular flexibility index (Phi) is 6.52. The predicted octanol–water partition coefficient (Wildman–Crippen LogP) is 3.55. The van der Waals surface area contributed by atoms with Gasteiger partial charge in [0.05, 0.1) is 10.6 Å². The summed E-state index contributed by atoms with van der Waals surface area (Å²) in [6.07, 6.45) is -0.0472. The van der Waals surface area contributed by atoms with Crippen LogP contribution in [0.2, 0.25) is 0 Å². The Morgan fingerprint density at radius 3 is 2.00 bits per heavy atom. The van der Waals surface area contributed by atoms with Crippen LogP contribution in [-0.4, -0.2) is 26.0 Å². The van der Waals surface area contributed by atoms with Gasteiger partial charge in [0.1, 0.15) is 5.75 Å². The maximum Gasteiger partial charge on any atom is 0.241 e. The summed E-state index contributed by atoms with van der Waals surface area (Å²) in [7, 11) is -3.75. The van der Waals surface area contributed by atoms with E-state index in [1.54, 1.807) is 32.0 Å². The van der Waals surface area contributed by atoms with Crippen LogP contribution in [0.4, 0.5) is 5.69 Å². The minimum Gasteiger partial charge on any atom is -0.506 e. The molecule has 0 aliphatic heterocycles. The van der Waals surface area contributed by atoms with Gasteiger partial charge in [0, 0.05) is 13.0 Å². The van der Waals surface area contributed by atoms with Gasteiger partial charge < -0.3 is 10.4 Å². The standard InChI is InChI=1S/C21H28N2O4S/c1-12-7-8-18(19(24)11-12)23-20(25)9-10-22-28(26,27)21-16(5)14(3)13(2)15(4)17(21)6/h7-8,11,22,24H,9-10H2,1-6H3,(H,23,25). The van der Waals surface area contributed by atoms with Crippen molar-refractivity contribution in [1.82, 2.24) is 4.72 Å². The molecule has 0 bridgehead atoms. The number of hydrogen-bond acceptors (Lipinski definition) is 4. The Morgan fingerprint density at radius 1 is 0.929 bits per heavy atom. The first-order chi connectivity index (χ1) is 13.0. The summed E-state index contributed by atoms with van der Waals surface area (Å²) in [5.74, 6) is -0.405. The molecule has 0 saturated heterocycles. The number of carbonyl (C=O) groups excluding carboxylic acids is 1. The van der Waals surface area contributed by atoms with Crippen LogP contribution in [0.15, 0.2) is 23.1 Å². The van der Waals surface area contributed by atoms with Gasteiger partial charge in [-0.2, -0.15) is 0 Å². The molecule has 0 spiro atoms. The van der Waals surface area contributed by atoms with Gasteiger partial charge >= 0.3 is 0 Å². The third kappa shape index (κ3) is 4.54. The van der Waals surface area contributed by atoms with Crippen LogP contribution in [0, 0.1) is 41.5 Å². The third-order valence-corrected chi connectivity index (χ3v) is 7.01. The second kappa shape index (κ2) is 8.32. The molecule has 0 aliphatic rings. The highest BCUT2D eigenvalue weighted by atomic mass is 32.2. The predicted molar refractivity (Wildman–Crippen MR) is 111 cm³/mol. The number of amides is 1. The van der Waals surface area contributed by atoms with E-state index < -0.39 is 10.0 Å². The van der Waals surface area contributed by atoms with E-state index in [4.69, 9.17) is 0 Å². The Morgan fingerprint density at radius 2 is 1.46 bits per heavy atom. The van der Waals surface area contributed by atoms with Crippen LogP contribution in [0.5, 0.6) is 5.75 Å². The lowest BCUT2D eigenvalue weighted by atomic mass is 9.95. The molecule has 3 N–H and O–H groups in total. The van der Waals surface area contributed by atoms with Gasteiger partial charge in [0.2, 0.25) is 15.9 Å². The van der Waals surface area contributed by atoms with E-state index >= 15 is 0 Å². The lowest BCUT2D eigenvalue weighted by Crippen LogP contribution is -2.29. The van der Waals surface area contributed by atoms with Crippen LogP contribution in [0.25, 0.3) is 0 Å². The number of nitrogens with one attached hydrogen (secondary N) is 2. The Hall–Kier alpha value is -2.38. The highest BCUT2D eigenvalue weighted by molar-refractivity contribution is 7.89. The van der Waals surface area contributed by atoms with Crippen molar-refractivity contribution in [2.24, 2.45) is 0 Å². The van der Waals surface area contributed by atoms with Crippen LogP contribution < -0.4 is 10.0 Å². The first-order valence-corrected chi connectivity index (χ1v) is 10.6. The first-order valence-electron chi connectivity index (χ1n) is 9.11. The molecule has 28 heavy (non-hydrogen) atoms. The molecule has 152 valence electrons. The normalized spacial score (nSPS) is 11.5. The number of aromatic hydroxyl groups is 1. The van der Waals surface area contributed by atoms with Gasteiger partial charge in [-0.05, 0) is 87.1 Å². The van der Waals surface area contributed by atoms with Crippen molar-refractivity contribution in [2.45, 2.75) is 52.9 Å². The number of sulfonamides is 1. The largest absolute Gasteiger partial charge is 0.506 e. The summed E-state index contributed by atoms with van der Waals surface area (Å²) in [6, 6.07) is 4.93. The van der Waals surface area contributed by atoms with Crippen molar-refractivity contribution >= 4 is 21.6 Å². The second-order valence-corrected chi connectivity index (χ2v) is 8.87. The van der Waals surface area contributed by atoms with Gasteiger partial charge in [0.25, 0.3) is 0 Å². The zero-order valence-electron chi connectivity index (χ0n) is 17.2. The average Bonchev–Trinajstić information content (AvgIpc) is 2.60. The quantitative estimate of drug-likeness (QED) is 0.642. The summed E-state index contributed by atoms with van der Waals surface area (Å²) in [6.45, 7) is 11.2. The monoisotopic (exact) mass is 404 g/mol. The molecule has 0 fully saturated rings. The Balaban J connectivity index is 2.09. The zero-order valence-corrected chi connectivity index (χ0v) is 18.0. The molecule has 7 heteroatoms. The number of benzene rings is 2. The third-order valence-electron chi connectivity index (χ3n) is 5.27. The van der Waals surface area contributed by atoms with E-state index in [1.165, 1.54) is 0 Å². The van der Waals surface area contributed by atoms with Gasteiger partial charge in [-0.1, -0.05) is 6.07 Å². The lowest BCUT2D eigenvalue weighted by molar-refractivity contribution is -0.116. The summed E-state index contributed by atoms with van der Waals surface area (Å²) in [5, 5.41) is 12.4. The van der Waals surface area contributed by atoms with E-state index in [-0.39, 0.29) is 29.5 Å². The SMILES string of the molecule is Cc1ccc(NC(=O)CCNS(=O)(=O)c2c(C)c(C)c(C)c(C)c2C)c(O)c1. The molecule has 0 aliphatic carbocycles. The number of anilines is 1. The topological polar surface area (TPSA) is 95.5 Å². The zero-order chi connectivity index (χ0) is 21.2. The van der Waals surface area contributed by atoms with E-state index in [0.29, 0.717) is 5.69 Å². The van der Waals surface area contributed by atoms with Crippen molar-refractivity contribution in [3.8, 4) is 5.75 Å². The van der Waals surface area contributed by atoms with Gasteiger partial charge in [0.15, 0.2) is 0 Å². The number of carbonyl (C=O) groups is 1. The highest BCUT2D eigenvalue weighted by Crippen LogP contribution is 2.29. The average molecular weight is 405 g/mol.